The first-order chi connectivity index (χ1) is 16.9. The summed E-state index contributed by atoms with van der Waals surface area (Å²) < 4.78 is 31.2. The molecule has 2 bridgehead atoms. The Balaban J connectivity index is 1.47. The molecule has 0 radical (unpaired) electrons. The number of benzene rings is 2. The van der Waals surface area contributed by atoms with Crippen molar-refractivity contribution in [3.63, 3.8) is 0 Å². The molecule has 1 saturated heterocycles. The molecule has 1 fully saturated rings. The normalized spacial score (nSPS) is 19.9. The van der Waals surface area contributed by atoms with Crippen LogP contribution in [0.2, 0.25) is 0 Å². The maximum atomic E-state index is 13.3. The van der Waals surface area contributed by atoms with Crippen LogP contribution in [-0.4, -0.2) is 68.1 Å². The molecule has 2 amide bonds. The van der Waals surface area contributed by atoms with Crippen LogP contribution < -0.4 is 4.74 Å². The standard InChI is InChI=1S/C27H34N2O5S/c30-26(15-19-35(32,33)25-11-2-1-3-12-25)28-16-7-18-34-24-10-6-8-22(20-24)13-14-23-9-4-5-17-29(23)27(31)21-28/h1-3,6,8,10-12,20,23H,4-5,7,9,13-19,21H2. The second-order valence-electron chi connectivity index (χ2n) is 9.32. The quantitative estimate of drug-likeness (QED) is 0.645. The molecule has 2 aromatic carbocycles. The Labute approximate surface area is 208 Å². The van der Waals surface area contributed by atoms with Crippen molar-refractivity contribution in [3.05, 3.63) is 60.2 Å². The van der Waals surface area contributed by atoms with Gasteiger partial charge >= 0.3 is 0 Å². The fraction of sp³-hybridized carbons (Fsp3) is 0.481. The second-order valence-corrected chi connectivity index (χ2v) is 11.4. The van der Waals surface area contributed by atoms with Gasteiger partial charge in [0.2, 0.25) is 11.8 Å². The van der Waals surface area contributed by atoms with E-state index in [0.29, 0.717) is 26.1 Å². The third-order valence-corrected chi connectivity index (χ3v) is 8.55. The van der Waals surface area contributed by atoms with Crippen molar-refractivity contribution in [1.82, 2.24) is 9.80 Å². The third kappa shape index (κ3) is 6.84. The summed E-state index contributed by atoms with van der Waals surface area (Å²) >= 11 is 0. The number of rotatable bonds is 4. The smallest absolute Gasteiger partial charge is 0.242 e. The summed E-state index contributed by atoms with van der Waals surface area (Å²) in [4.78, 5) is 30.1. The van der Waals surface area contributed by atoms with Crippen LogP contribution in [-0.2, 0) is 25.8 Å². The summed E-state index contributed by atoms with van der Waals surface area (Å²) in [6, 6.07) is 16.4. The fourth-order valence-electron chi connectivity index (χ4n) is 4.87. The van der Waals surface area contributed by atoms with Gasteiger partial charge in [-0.1, -0.05) is 30.3 Å². The SMILES string of the molecule is O=C(CCS(=O)(=O)c1ccccc1)N1CCCOc2cccc(c2)CCC2CCCCN2C(=O)C1. The largest absolute Gasteiger partial charge is 0.494 e. The van der Waals surface area contributed by atoms with Gasteiger partial charge in [-0.2, -0.15) is 0 Å². The first-order valence-electron chi connectivity index (χ1n) is 12.5. The van der Waals surface area contributed by atoms with E-state index in [4.69, 9.17) is 4.74 Å². The molecule has 2 aliphatic heterocycles. The van der Waals surface area contributed by atoms with Crippen molar-refractivity contribution in [2.75, 3.05) is 32.0 Å². The number of amides is 2. The summed E-state index contributed by atoms with van der Waals surface area (Å²) in [5.74, 6) is 0.153. The van der Waals surface area contributed by atoms with E-state index in [9.17, 15) is 18.0 Å². The first-order valence-corrected chi connectivity index (χ1v) is 14.1. The Morgan fingerprint density at radius 1 is 0.971 bits per heavy atom. The second kappa shape index (κ2) is 11.7. The fourth-order valence-corrected chi connectivity index (χ4v) is 6.12. The highest BCUT2D eigenvalue weighted by Crippen LogP contribution is 2.24. The molecule has 0 aromatic heterocycles. The lowest BCUT2D eigenvalue weighted by molar-refractivity contribution is -0.142. The van der Waals surface area contributed by atoms with Gasteiger partial charge in [-0.15, -0.1) is 0 Å². The summed E-state index contributed by atoms with van der Waals surface area (Å²) in [6.45, 7) is 1.44. The van der Waals surface area contributed by atoms with Gasteiger partial charge in [-0.25, -0.2) is 8.42 Å². The van der Waals surface area contributed by atoms with Gasteiger partial charge in [0.25, 0.3) is 0 Å². The lowest BCUT2D eigenvalue weighted by Gasteiger charge is -2.37. The number of nitrogens with zero attached hydrogens (tertiary/aromatic N) is 2. The average Bonchev–Trinajstić information content (AvgIpc) is 2.88. The molecular weight excluding hydrogens is 464 g/mol. The number of hydrogen-bond acceptors (Lipinski definition) is 5. The molecule has 35 heavy (non-hydrogen) atoms. The molecule has 1 atom stereocenters. The van der Waals surface area contributed by atoms with Crippen LogP contribution in [0.1, 0.15) is 44.1 Å². The summed E-state index contributed by atoms with van der Waals surface area (Å²) in [6.07, 6.45) is 5.16. The monoisotopic (exact) mass is 498 g/mol. The number of carbonyl (C=O) groups is 2. The maximum Gasteiger partial charge on any atom is 0.242 e. The van der Waals surface area contributed by atoms with E-state index in [1.807, 2.05) is 17.0 Å². The van der Waals surface area contributed by atoms with Crippen LogP contribution in [0.4, 0.5) is 0 Å². The Morgan fingerprint density at radius 3 is 2.63 bits per heavy atom. The number of hydrogen-bond donors (Lipinski definition) is 0. The Morgan fingerprint density at radius 2 is 1.80 bits per heavy atom. The van der Waals surface area contributed by atoms with Crippen molar-refractivity contribution in [2.24, 2.45) is 0 Å². The van der Waals surface area contributed by atoms with E-state index in [2.05, 4.69) is 12.1 Å². The molecule has 0 aliphatic carbocycles. The maximum absolute atomic E-state index is 13.3. The topological polar surface area (TPSA) is 84.0 Å². The van der Waals surface area contributed by atoms with Crippen LogP contribution in [0.3, 0.4) is 0 Å². The van der Waals surface area contributed by atoms with Crippen molar-refractivity contribution in [1.29, 1.82) is 0 Å². The highest BCUT2D eigenvalue weighted by Gasteiger charge is 2.29. The zero-order valence-corrected chi connectivity index (χ0v) is 20.9. The van der Waals surface area contributed by atoms with Gasteiger partial charge < -0.3 is 14.5 Å². The Hall–Kier alpha value is -2.87. The molecule has 8 heteroatoms. The summed E-state index contributed by atoms with van der Waals surface area (Å²) in [5, 5.41) is 0. The Kier molecular flexibility index (Phi) is 8.44. The first kappa shape index (κ1) is 25.2. The van der Waals surface area contributed by atoms with Gasteiger partial charge in [0.15, 0.2) is 9.84 Å². The lowest BCUT2D eigenvalue weighted by Crippen LogP contribution is -2.49. The lowest BCUT2D eigenvalue weighted by atomic mass is 9.95. The van der Waals surface area contributed by atoms with Gasteiger partial charge in [-0.3, -0.25) is 9.59 Å². The highest BCUT2D eigenvalue weighted by molar-refractivity contribution is 7.91. The van der Waals surface area contributed by atoms with E-state index >= 15 is 0 Å². The van der Waals surface area contributed by atoms with Crippen LogP contribution in [0.5, 0.6) is 5.75 Å². The minimum absolute atomic E-state index is 0.0218. The van der Waals surface area contributed by atoms with Crippen LogP contribution in [0.15, 0.2) is 59.5 Å². The molecule has 188 valence electrons. The molecule has 2 aliphatic rings. The van der Waals surface area contributed by atoms with E-state index in [-0.39, 0.29) is 41.5 Å². The number of aryl methyl sites for hydroxylation is 1. The molecule has 0 N–H and O–H groups in total. The minimum Gasteiger partial charge on any atom is -0.494 e. The Bertz CT molecular complexity index is 1120. The zero-order chi connectivity index (χ0) is 24.7. The predicted octanol–water partition coefficient (Wildman–Crippen LogP) is 3.48. The van der Waals surface area contributed by atoms with E-state index in [1.54, 1.807) is 18.2 Å². The predicted molar refractivity (Wildman–Crippen MR) is 134 cm³/mol. The van der Waals surface area contributed by atoms with Crippen LogP contribution >= 0.6 is 0 Å². The minimum atomic E-state index is -3.57. The zero-order valence-electron chi connectivity index (χ0n) is 20.1. The molecular formula is C27H34N2O5S. The molecule has 0 spiro atoms. The number of piperidine rings is 1. The van der Waals surface area contributed by atoms with Crippen molar-refractivity contribution >= 4 is 21.7 Å². The number of sulfone groups is 1. The van der Waals surface area contributed by atoms with E-state index < -0.39 is 9.84 Å². The summed E-state index contributed by atoms with van der Waals surface area (Å²) in [5.41, 5.74) is 1.20. The molecule has 1 unspecified atom stereocenters. The molecule has 2 aromatic rings. The molecule has 2 heterocycles. The highest BCUT2D eigenvalue weighted by atomic mass is 32.2. The molecule has 7 nitrogen and oxygen atoms in total. The van der Waals surface area contributed by atoms with Crippen LogP contribution in [0.25, 0.3) is 0 Å². The van der Waals surface area contributed by atoms with Crippen molar-refractivity contribution in [3.8, 4) is 5.75 Å². The molecule has 0 saturated carbocycles. The third-order valence-electron chi connectivity index (χ3n) is 6.82. The summed E-state index contributed by atoms with van der Waals surface area (Å²) in [7, 11) is -3.57. The molecule has 4 rings (SSSR count). The number of carbonyl (C=O) groups excluding carboxylic acids is 2. The van der Waals surface area contributed by atoms with Gasteiger partial charge in [-0.05, 0) is 68.4 Å². The van der Waals surface area contributed by atoms with E-state index in [1.165, 1.54) is 22.6 Å². The van der Waals surface area contributed by atoms with Gasteiger partial charge in [0.1, 0.15) is 5.75 Å². The van der Waals surface area contributed by atoms with Gasteiger partial charge in [0, 0.05) is 25.6 Å². The van der Waals surface area contributed by atoms with Crippen molar-refractivity contribution < 1.29 is 22.7 Å². The number of ether oxygens (including phenoxy) is 1. The van der Waals surface area contributed by atoms with Gasteiger partial charge in [0.05, 0.1) is 23.8 Å². The van der Waals surface area contributed by atoms with Crippen LogP contribution in [0, 0.1) is 0 Å². The van der Waals surface area contributed by atoms with Crippen molar-refractivity contribution in [2.45, 2.75) is 55.9 Å². The number of fused-ring (bicyclic) bond motifs is 3. The average molecular weight is 499 g/mol. The van der Waals surface area contributed by atoms with E-state index in [0.717, 1.165) is 37.9 Å².